The van der Waals surface area contributed by atoms with Crippen molar-refractivity contribution >= 4 is 29.5 Å². The van der Waals surface area contributed by atoms with Gasteiger partial charge in [0.2, 0.25) is 11.8 Å². The first-order chi connectivity index (χ1) is 21.5. The zero-order valence-electron chi connectivity index (χ0n) is 25.5. The Labute approximate surface area is 259 Å². The maximum atomic E-state index is 12.6. The van der Waals surface area contributed by atoms with Gasteiger partial charge in [0.25, 0.3) is 0 Å². The number of anilines is 1. The van der Waals surface area contributed by atoms with Gasteiger partial charge in [-0.2, -0.15) is 0 Å². The van der Waals surface area contributed by atoms with Gasteiger partial charge in [-0.3, -0.25) is 14.8 Å². The molecule has 1 aliphatic rings. The highest BCUT2D eigenvalue weighted by atomic mass is 16.6. The van der Waals surface area contributed by atoms with Gasteiger partial charge in [0.05, 0.1) is 19.8 Å². The van der Waals surface area contributed by atoms with Crippen molar-refractivity contribution < 1.29 is 33.8 Å². The molecule has 0 aromatic heterocycles. The molecule has 0 saturated carbocycles. The van der Waals surface area contributed by atoms with E-state index in [9.17, 15) is 14.4 Å². The van der Waals surface area contributed by atoms with Gasteiger partial charge < -0.3 is 24.0 Å². The molecule has 0 aliphatic carbocycles. The van der Waals surface area contributed by atoms with Crippen LogP contribution in [0.5, 0.6) is 0 Å². The fourth-order valence-electron chi connectivity index (χ4n) is 4.58. The summed E-state index contributed by atoms with van der Waals surface area (Å²) < 4.78 is 15.2. The van der Waals surface area contributed by atoms with E-state index >= 15 is 0 Å². The Balaban J connectivity index is 1.36. The second-order valence-electron chi connectivity index (χ2n) is 10.3. The van der Waals surface area contributed by atoms with E-state index in [-0.39, 0.29) is 18.4 Å². The first-order valence-corrected chi connectivity index (χ1v) is 15.1. The van der Waals surface area contributed by atoms with Crippen molar-refractivity contribution in [2.75, 3.05) is 64.6 Å². The van der Waals surface area contributed by atoms with Crippen LogP contribution < -0.4 is 10.4 Å². The molecule has 2 aromatic carbocycles. The number of nitrogens with zero attached hydrogens (tertiary/aromatic N) is 2. The lowest BCUT2D eigenvalue weighted by Crippen LogP contribution is -2.48. The van der Waals surface area contributed by atoms with Crippen LogP contribution in [0, 0.1) is 11.8 Å². The second-order valence-corrected chi connectivity index (χ2v) is 10.3. The summed E-state index contributed by atoms with van der Waals surface area (Å²) in [6.45, 7) is 4.48. The number of carbonyl (C=O) groups excluding carboxylic acids is 3. The van der Waals surface area contributed by atoms with Gasteiger partial charge in [0.1, 0.15) is 6.61 Å². The van der Waals surface area contributed by atoms with Gasteiger partial charge in [-0.05, 0) is 60.9 Å². The highest BCUT2D eigenvalue weighted by Gasteiger charge is 2.20. The Kier molecular flexibility index (Phi) is 15.5. The number of carbonyl (C=O) groups is 3. The Bertz CT molecular complexity index is 1260. The largest absolute Gasteiger partial charge is 0.460 e. The molecule has 1 heterocycles. The number of ether oxygens (including phenoxy) is 3. The minimum Gasteiger partial charge on any atom is -0.460 e. The molecular formula is C34H43N3O7. The Hall–Kier alpha value is -4.17. The monoisotopic (exact) mass is 605 g/mol. The summed E-state index contributed by atoms with van der Waals surface area (Å²) in [7, 11) is 1.60. The summed E-state index contributed by atoms with van der Waals surface area (Å²) in [5, 5.41) is 8.51. The van der Waals surface area contributed by atoms with Gasteiger partial charge in [0, 0.05) is 69.0 Å². The van der Waals surface area contributed by atoms with Crippen LogP contribution in [0.15, 0.2) is 54.6 Å². The Morgan fingerprint density at radius 1 is 0.818 bits per heavy atom. The van der Waals surface area contributed by atoms with Crippen molar-refractivity contribution in [1.82, 2.24) is 10.4 Å². The van der Waals surface area contributed by atoms with Crippen LogP contribution in [0.2, 0.25) is 0 Å². The molecule has 2 amide bonds. The third kappa shape index (κ3) is 13.0. The summed E-state index contributed by atoms with van der Waals surface area (Å²) in [6, 6.07) is 15.8. The Morgan fingerprint density at radius 3 is 2.07 bits per heavy atom. The molecule has 1 aliphatic heterocycles. The number of piperazine rings is 1. The smallest absolute Gasteiger partial charge is 0.330 e. The normalized spacial score (nSPS) is 13.0. The summed E-state index contributed by atoms with van der Waals surface area (Å²) in [6.07, 6.45) is 7.22. The first-order valence-electron chi connectivity index (χ1n) is 15.1. The molecule has 10 heteroatoms. The highest BCUT2D eigenvalue weighted by Crippen LogP contribution is 2.18. The van der Waals surface area contributed by atoms with Crippen LogP contribution in [0.25, 0.3) is 6.08 Å². The molecule has 44 heavy (non-hydrogen) atoms. The van der Waals surface area contributed by atoms with Crippen LogP contribution in [0.3, 0.4) is 0 Å². The maximum Gasteiger partial charge on any atom is 0.330 e. The molecule has 0 bridgehead atoms. The predicted octanol–water partition coefficient (Wildman–Crippen LogP) is 3.80. The molecule has 236 valence electrons. The van der Waals surface area contributed by atoms with Gasteiger partial charge in [-0.1, -0.05) is 36.8 Å². The average molecular weight is 606 g/mol. The van der Waals surface area contributed by atoms with Gasteiger partial charge >= 0.3 is 5.97 Å². The lowest BCUT2D eigenvalue weighted by molar-refractivity contribution is -0.139. The van der Waals surface area contributed by atoms with Crippen LogP contribution in [-0.2, 0) is 28.6 Å². The minimum absolute atomic E-state index is 0.186. The number of amides is 2. The summed E-state index contributed by atoms with van der Waals surface area (Å²) in [5.74, 6) is 5.78. The summed E-state index contributed by atoms with van der Waals surface area (Å²) in [5.41, 5.74) is 5.41. The quantitative estimate of drug-likeness (QED) is 0.0741. The molecule has 1 saturated heterocycles. The topological polar surface area (TPSA) is 118 Å². The van der Waals surface area contributed by atoms with Gasteiger partial charge in [0.15, 0.2) is 0 Å². The number of nitrogens with one attached hydrogen (secondary N) is 1. The third-order valence-corrected chi connectivity index (χ3v) is 7.11. The Morgan fingerprint density at radius 2 is 1.43 bits per heavy atom. The standard InChI is InChI=1S/C34H43N3O7/c1-42-24-25-43-26-27-44-34(40)19-16-29-11-8-28(9-12-29)10-13-30-14-17-31(18-15-30)36-20-22-37(23-21-36)33(39)7-5-3-2-4-6-32(38)35-41/h8-9,11-12,14-19,41H,2-7,20-27H2,1H3,(H,35,38)/b19-16+. The van der Waals surface area contributed by atoms with Crippen molar-refractivity contribution in [3.63, 3.8) is 0 Å². The molecule has 0 atom stereocenters. The minimum atomic E-state index is -0.421. The number of unbranched alkanes of at least 4 members (excludes halogenated alkanes) is 3. The fraction of sp³-hybridized carbons (Fsp3) is 0.441. The maximum absolute atomic E-state index is 12.6. The number of hydrogen-bond acceptors (Lipinski definition) is 8. The van der Waals surface area contributed by atoms with Crippen LogP contribution >= 0.6 is 0 Å². The van der Waals surface area contributed by atoms with Crippen molar-refractivity contribution in [1.29, 1.82) is 0 Å². The van der Waals surface area contributed by atoms with E-state index in [0.717, 1.165) is 54.7 Å². The van der Waals surface area contributed by atoms with Crippen molar-refractivity contribution in [3.8, 4) is 11.8 Å². The zero-order valence-corrected chi connectivity index (χ0v) is 25.5. The molecule has 1 fully saturated rings. The average Bonchev–Trinajstić information content (AvgIpc) is 3.06. The van der Waals surface area contributed by atoms with E-state index in [0.29, 0.717) is 52.2 Å². The van der Waals surface area contributed by atoms with Crippen molar-refractivity contribution in [2.24, 2.45) is 0 Å². The number of rotatable bonds is 16. The molecule has 0 radical (unpaired) electrons. The second kappa shape index (κ2) is 19.9. The van der Waals surface area contributed by atoms with Crippen LogP contribution in [0.1, 0.15) is 55.2 Å². The third-order valence-electron chi connectivity index (χ3n) is 7.11. The van der Waals surface area contributed by atoms with E-state index in [1.54, 1.807) is 18.7 Å². The number of hydrogen-bond donors (Lipinski definition) is 2. The van der Waals surface area contributed by atoms with Crippen molar-refractivity contribution in [3.05, 3.63) is 71.3 Å². The number of hydroxylamine groups is 1. The molecule has 3 rings (SSSR count). The molecule has 10 nitrogen and oxygen atoms in total. The summed E-state index contributed by atoms with van der Waals surface area (Å²) in [4.78, 5) is 39.7. The molecule has 0 unspecified atom stereocenters. The van der Waals surface area contributed by atoms with Gasteiger partial charge in [-0.15, -0.1) is 0 Å². The first kappa shape index (κ1) is 34.3. The van der Waals surface area contributed by atoms with Crippen LogP contribution in [-0.4, -0.2) is 87.6 Å². The van der Waals surface area contributed by atoms with Crippen molar-refractivity contribution in [2.45, 2.75) is 38.5 Å². The van der Waals surface area contributed by atoms with Gasteiger partial charge in [-0.25, -0.2) is 10.3 Å². The van der Waals surface area contributed by atoms with E-state index < -0.39 is 5.97 Å². The molecule has 2 aromatic rings. The number of methoxy groups -OCH3 is 1. The van der Waals surface area contributed by atoms with E-state index in [1.807, 2.05) is 41.3 Å². The lowest BCUT2D eigenvalue weighted by atomic mass is 10.1. The SMILES string of the molecule is COCCOCCOC(=O)/C=C/c1ccc(C#Cc2ccc(N3CCN(C(=O)CCCCCCC(=O)NO)CC3)cc2)cc1. The lowest BCUT2D eigenvalue weighted by Gasteiger charge is -2.36. The molecule has 2 N–H and O–H groups in total. The fourth-order valence-corrected chi connectivity index (χ4v) is 4.58. The van der Waals surface area contributed by atoms with E-state index in [1.165, 1.54) is 6.08 Å². The number of esters is 1. The highest BCUT2D eigenvalue weighted by molar-refractivity contribution is 5.87. The van der Waals surface area contributed by atoms with Crippen LogP contribution in [0.4, 0.5) is 5.69 Å². The number of benzene rings is 2. The molecular weight excluding hydrogens is 562 g/mol. The van der Waals surface area contributed by atoms with E-state index in [4.69, 9.17) is 19.4 Å². The predicted molar refractivity (Wildman–Crippen MR) is 168 cm³/mol. The zero-order chi connectivity index (χ0) is 31.4. The summed E-state index contributed by atoms with van der Waals surface area (Å²) >= 11 is 0. The van der Waals surface area contributed by atoms with E-state index in [2.05, 4.69) is 28.9 Å². The molecule has 0 spiro atoms.